The number of fused-ring (bicyclic) bond motifs is 3. The second-order valence-corrected chi connectivity index (χ2v) is 10.2. The summed E-state index contributed by atoms with van der Waals surface area (Å²) in [7, 11) is 0. The average molecular weight is 577 g/mol. The molecule has 10 heteroatoms. The van der Waals surface area contributed by atoms with Crippen LogP contribution in [0, 0.1) is 0 Å². The zero-order valence-electron chi connectivity index (χ0n) is 18.6. The van der Waals surface area contributed by atoms with Gasteiger partial charge >= 0.3 is 5.97 Å². The van der Waals surface area contributed by atoms with Crippen LogP contribution in [0.1, 0.15) is 31.7 Å². The minimum atomic E-state index is -1.76. The van der Waals surface area contributed by atoms with Crippen molar-refractivity contribution in [2.24, 2.45) is 5.73 Å². The number of halogens is 3. The Kier molecular flexibility index (Phi) is 5.94. The molecule has 2 aliphatic heterocycles. The van der Waals surface area contributed by atoms with Crippen LogP contribution < -0.4 is 16.0 Å². The number of nitrogens with zero attached hydrogens (tertiary/aromatic N) is 1. The van der Waals surface area contributed by atoms with Crippen molar-refractivity contribution in [3.05, 3.63) is 79.1 Å². The Labute approximate surface area is 220 Å². The maximum Gasteiger partial charge on any atom is 0.339 e. The lowest BCUT2D eigenvalue weighted by atomic mass is 9.63. The van der Waals surface area contributed by atoms with Gasteiger partial charge in [-0.3, -0.25) is 14.5 Å². The fraction of sp³-hybridized carbons (Fsp3) is 0.240. The second kappa shape index (κ2) is 8.69. The van der Waals surface area contributed by atoms with Gasteiger partial charge in [0.05, 0.1) is 17.3 Å². The normalized spacial score (nSPS) is 21.3. The van der Waals surface area contributed by atoms with Gasteiger partial charge in [-0.05, 0) is 56.2 Å². The number of anilines is 2. The predicted molar refractivity (Wildman–Crippen MR) is 137 cm³/mol. The van der Waals surface area contributed by atoms with Gasteiger partial charge in [0.25, 0.3) is 0 Å². The summed E-state index contributed by atoms with van der Waals surface area (Å²) < 4.78 is 6.08. The van der Waals surface area contributed by atoms with Crippen molar-refractivity contribution >= 4 is 68.2 Å². The van der Waals surface area contributed by atoms with Crippen molar-refractivity contribution in [3.63, 3.8) is 0 Å². The molecule has 2 heterocycles. The first kappa shape index (κ1) is 23.9. The third-order valence-corrected chi connectivity index (χ3v) is 7.55. The minimum absolute atomic E-state index is 0.0379. The Morgan fingerprint density at radius 2 is 1.97 bits per heavy atom. The maximum atomic E-state index is 13.9. The van der Waals surface area contributed by atoms with Crippen molar-refractivity contribution in [2.75, 3.05) is 16.8 Å². The Morgan fingerprint density at radius 3 is 2.71 bits per heavy atom. The highest BCUT2D eigenvalue weighted by Crippen LogP contribution is 2.56. The molecular formula is C25H20BrCl2N3O4. The number of nitrogens with one attached hydrogen (secondary N) is 1. The lowest BCUT2D eigenvalue weighted by Crippen LogP contribution is -2.53. The number of benzene rings is 2. The van der Waals surface area contributed by atoms with Gasteiger partial charge in [-0.15, -0.1) is 0 Å². The number of allylic oxidation sites excluding steroid dienone is 1. The van der Waals surface area contributed by atoms with Gasteiger partial charge in [0.1, 0.15) is 16.8 Å². The van der Waals surface area contributed by atoms with E-state index in [1.165, 1.54) is 0 Å². The van der Waals surface area contributed by atoms with E-state index in [1.807, 2.05) is 0 Å². The van der Waals surface area contributed by atoms with Crippen LogP contribution in [-0.4, -0.2) is 24.3 Å². The number of amides is 1. The summed E-state index contributed by atoms with van der Waals surface area (Å²) in [6.45, 7) is 1.71. The largest absolute Gasteiger partial charge is 0.462 e. The highest BCUT2D eigenvalue weighted by Gasteiger charge is 2.62. The molecule has 0 fully saturated rings. The van der Waals surface area contributed by atoms with E-state index in [1.54, 1.807) is 48.2 Å². The lowest BCUT2D eigenvalue weighted by molar-refractivity contribution is -0.140. The fourth-order valence-corrected chi connectivity index (χ4v) is 5.94. The number of carbonyl (C=O) groups is 3. The molecule has 1 unspecified atom stereocenters. The first-order valence-corrected chi connectivity index (χ1v) is 12.6. The zero-order chi connectivity index (χ0) is 25.1. The van der Waals surface area contributed by atoms with E-state index >= 15 is 0 Å². The molecule has 0 saturated heterocycles. The summed E-state index contributed by atoms with van der Waals surface area (Å²) in [6, 6.07) is 10.1. The number of rotatable bonds is 3. The van der Waals surface area contributed by atoms with Crippen molar-refractivity contribution in [1.29, 1.82) is 0 Å². The predicted octanol–water partition coefficient (Wildman–Crippen LogP) is 5.21. The van der Waals surface area contributed by atoms with Crippen LogP contribution in [-0.2, 0) is 24.5 Å². The second-order valence-electron chi connectivity index (χ2n) is 8.40. The number of ketones is 1. The summed E-state index contributed by atoms with van der Waals surface area (Å²) in [5.41, 5.74) is 6.92. The molecule has 0 saturated carbocycles. The highest BCUT2D eigenvalue weighted by atomic mass is 79.9. The standard InChI is InChI=1S/C25H20BrCl2N3O4/c1-2-35-23(33)21-22(29)31(18-11-13(27)7-8-15(18)28)17-4-3-5-19(32)20(17)25(21)14-10-12(26)6-9-16(14)30-24(25)34/h6-11H,2-5,29H2,1H3,(H,30,34). The third kappa shape index (κ3) is 3.42. The molecule has 3 N–H and O–H groups in total. The van der Waals surface area contributed by atoms with Crippen LogP contribution in [0.15, 0.2) is 63.5 Å². The number of esters is 1. The summed E-state index contributed by atoms with van der Waals surface area (Å²) in [5, 5.41) is 3.57. The summed E-state index contributed by atoms with van der Waals surface area (Å²) in [4.78, 5) is 42.6. The first-order chi connectivity index (χ1) is 16.7. The van der Waals surface area contributed by atoms with E-state index in [-0.39, 0.29) is 35.8 Å². The number of nitrogens with two attached hydrogens (primary N) is 1. The Morgan fingerprint density at radius 1 is 1.20 bits per heavy atom. The van der Waals surface area contributed by atoms with Crippen LogP contribution in [0.4, 0.5) is 11.4 Å². The van der Waals surface area contributed by atoms with E-state index < -0.39 is 17.3 Å². The third-order valence-electron chi connectivity index (χ3n) is 6.50. The highest BCUT2D eigenvalue weighted by molar-refractivity contribution is 9.10. The number of hydrogen-bond acceptors (Lipinski definition) is 6. The molecule has 0 bridgehead atoms. The monoisotopic (exact) mass is 575 g/mol. The van der Waals surface area contributed by atoms with Crippen LogP contribution in [0.2, 0.25) is 10.0 Å². The molecule has 2 aromatic rings. The van der Waals surface area contributed by atoms with Crippen LogP contribution >= 0.6 is 39.1 Å². The molecule has 35 heavy (non-hydrogen) atoms. The molecule has 5 rings (SSSR count). The van der Waals surface area contributed by atoms with Crippen molar-refractivity contribution in [3.8, 4) is 0 Å². The molecular weight excluding hydrogens is 557 g/mol. The van der Waals surface area contributed by atoms with Gasteiger partial charge in [0.2, 0.25) is 5.91 Å². The molecule has 1 atom stereocenters. The smallest absolute Gasteiger partial charge is 0.339 e. The average Bonchev–Trinajstić information content (AvgIpc) is 3.08. The van der Waals surface area contributed by atoms with Crippen molar-refractivity contribution in [1.82, 2.24) is 0 Å². The van der Waals surface area contributed by atoms with Gasteiger partial charge in [-0.25, -0.2) is 4.79 Å². The minimum Gasteiger partial charge on any atom is -0.462 e. The molecule has 0 radical (unpaired) electrons. The zero-order valence-corrected chi connectivity index (χ0v) is 21.7. The SMILES string of the molecule is CCOC(=O)C1=C(N)N(c2cc(Cl)ccc2Cl)C2=C(C(=O)CCC2)C12C(=O)Nc1ccc(Br)cc12. The van der Waals surface area contributed by atoms with E-state index in [2.05, 4.69) is 21.2 Å². The van der Waals surface area contributed by atoms with Gasteiger partial charge in [-0.1, -0.05) is 39.1 Å². The Hall–Kier alpha value is -2.81. The van der Waals surface area contributed by atoms with Gasteiger partial charge in [-0.2, -0.15) is 0 Å². The van der Waals surface area contributed by atoms with E-state index in [9.17, 15) is 14.4 Å². The molecule has 1 aliphatic carbocycles. The number of Topliss-reactive ketones (excluding diaryl/α,β-unsaturated/α-hetero) is 1. The van der Waals surface area contributed by atoms with Gasteiger partial charge in [0, 0.05) is 38.4 Å². The van der Waals surface area contributed by atoms with E-state index in [0.717, 1.165) is 0 Å². The Bertz CT molecular complexity index is 1390. The summed E-state index contributed by atoms with van der Waals surface area (Å²) >= 11 is 16.3. The molecule has 3 aliphatic rings. The van der Waals surface area contributed by atoms with Crippen LogP contribution in [0.5, 0.6) is 0 Å². The summed E-state index contributed by atoms with van der Waals surface area (Å²) in [6.07, 6.45) is 1.22. The fourth-order valence-electron chi connectivity index (χ4n) is 5.21. The first-order valence-electron chi connectivity index (χ1n) is 11.0. The van der Waals surface area contributed by atoms with E-state index in [0.29, 0.717) is 50.0 Å². The lowest BCUT2D eigenvalue weighted by Gasteiger charge is -2.44. The van der Waals surface area contributed by atoms with Crippen LogP contribution in [0.25, 0.3) is 0 Å². The molecule has 1 amide bonds. The van der Waals surface area contributed by atoms with Gasteiger partial charge in [0.15, 0.2) is 5.78 Å². The maximum absolute atomic E-state index is 13.9. The molecule has 7 nitrogen and oxygen atoms in total. The van der Waals surface area contributed by atoms with Crippen molar-refractivity contribution < 1.29 is 19.1 Å². The number of hydrogen-bond donors (Lipinski definition) is 2. The molecule has 180 valence electrons. The molecule has 1 spiro atoms. The molecule has 2 aromatic carbocycles. The van der Waals surface area contributed by atoms with Crippen LogP contribution in [0.3, 0.4) is 0 Å². The number of carbonyl (C=O) groups excluding carboxylic acids is 3. The molecule has 0 aromatic heterocycles. The van der Waals surface area contributed by atoms with Crippen molar-refractivity contribution in [2.45, 2.75) is 31.6 Å². The Balaban J connectivity index is 1.93. The van der Waals surface area contributed by atoms with Gasteiger partial charge < -0.3 is 15.8 Å². The summed E-state index contributed by atoms with van der Waals surface area (Å²) in [5.74, 6) is -1.60. The quantitative estimate of drug-likeness (QED) is 0.487. The number of ether oxygens (including phenoxy) is 1. The van der Waals surface area contributed by atoms with E-state index in [4.69, 9.17) is 33.7 Å². The topological polar surface area (TPSA) is 102 Å².